The molecule has 6 nitrogen and oxygen atoms in total. The van der Waals surface area contributed by atoms with Gasteiger partial charge < -0.3 is 15.0 Å². The molecule has 3 rings (SSSR count). The van der Waals surface area contributed by atoms with Gasteiger partial charge in [-0.1, -0.05) is 23.7 Å². The minimum absolute atomic E-state index is 0.220. The Morgan fingerprint density at radius 3 is 2.83 bits per heavy atom. The molecule has 1 aliphatic rings. The number of nitrogens with zero attached hydrogens (tertiary/aromatic N) is 3. The average molecular weight is 333 g/mol. The molecular formula is C16H17ClN4O2. The molecule has 0 atom stereocenters. The molecule has 23 heavy (non-hydrogen) atoms. The van der Waals surface area contributed by atoms with Crippen molar-refractivity contribution < 1.29 is 9.53 Å². The van der Waals surface area contributed by atoms with E-state index in [2.05, 4.69) is 20.2 Å². The molecule has 2 aromatic rings. The number of morpholine rings is 1. The Morgan fingerprint density at radius 1 is 1.26 bits per heavy atom. The first kappa shape index (κ1) is 15.7. The van der Waals surface area contributed by atoms with E-state index < -0.39 is 0 Å². The van der Waals surface area contributed by atoms with Crippen molar-refractivity contribution in [3.05, 3.63) is 52.8 Å². The number of nitrogens with one attached hydrogen (secondary N) is 1. The van der Waals surface area contributed by atoms with Gasteiger partial charge in [-0.05, 0) is 18.2 Å². The summed E-state index contributed by atoms with van der Waals surface area (Å²) in [6.07, 6.45) is 1.70. The summed E-state index contributed by atoms with van der Waals surface area (Å²) >= 11 is 6.02. The first-order valence-corrected chi connectivity index (χ1v) is 7.79. The van der Waals surface area contributed by atoms with Crippen molar-refractivity contribution in [1.82, 2.24) is 15.3 Å². The number of anilines is 1. The number of amides is 1. The molecule has 1 fully saturated rings. The Balaban J connectivity index is 1.64. The highest BCUT2D eigenvalue weighted by molar-refractivity contribution is 6.33. The standard InChI is InChI=1S/C16H17ClN4O2/c17-14-4-2-1-3-13(14)15(22)19-11-12-5-6-18-16(20-12)21-7-9-23-10-8-21/h1-6H,7-11H2,(H,19,22). The second-order valence-corrected chi connectivity index (χ2v) is 5.52. The van der Waals surface area contributed by atoms with Crippen LogP contribution >= 0.6 is 11.6 Å². The summed E-state index contributed by atoms with van der Waals surface area (Å²) in [5, 5.41) is 3.26. The minimum Gasteiger partial charge on any atom is -0.378 e. The van der Waals surface area contributed by atoms with Crippen LogP contribution in [-0.4, -0.2) is 42.2 Å². The zero-order valence-corrected chi connectivity index (χ0v) is 13.3. The van der Waals surface area contributed by atoms with Gasteiger partial charge in [-0.15, -0.1) is 0 Å². The van der Waals surface area contributed by atoms with Crippen LogP contribution in [-0.2, 0) is 11.3 Å². The van der Waals surface area contributed by atoms with Crippen molar-refractivity contribution in [2.24, 2.45) is 0 Å². The fourth-order valence-electron chi connectivity index (χ4n) is 2.31. The lowest BCUT2D eigenvalue weighted by molar-refractivity contribution is 0.0950. The van der Waals surface area contributed by atoms with E-state index in [4.69, 9.17) is 16.3 Å². The predicted octanol–water partition coefficient (Wildman–Crippen LogP) is 1.90. The van der Waals surface area contributed by atoms with Gasteiger partial charge in [0, 0.05) is 19.3 Å². The minimum atomic E-state index is -0.220. The van der Waals surface area contributed by atoms with E-state index in [1.165, 1.54) is 0 Å². The third-order valence-electron chi connectivity index (χ3n) is 3.54. The van der Waals surface area contributed by atoms with E-state index in [9.17, 15) is 4.79 Å². The molecule has 1 amide bonds. The van der Waals surface area contributed by atoms with E-state index in [1.54, 1.807) is 36.5 Å². The van der Waals surface area contributed by atoms with Gasteiger partial charge in [0.25, 0.3) is 5.91 Å². The van der Waals surface area contributed by atoms with E-state index in [0.717, 1.165) is 18.8 Å². The summed E-state index contributed by atoms with van der Waals surface area (Å²) in [6, 6.07) is 8.74. The van der Waals surface area contributed by atoms with Crippen LogP contribution in [0.4, 0.5) is 5.95 Å². The molecule has 0 radical (unpaired) electrons. The van der Waals surface area contributed by atoms with Crippen LogP contribution in [0.25, 0.3) is 0 Å². The number of halogens is 1. The Bertz CT molecular complexity index is 689. The fraction of sp³-hybridized carbons (Fsp3) is 0.312. The highest BCUT2D eigenvalue weighted by Gasteiger charge is 2.14. The molecule has 0 unspecified atom stereocenters. The molecule has 1 aromatic heterocycles. The van der Waals surface area contributed by atoms with Gasteiger partial charge in [0.1, 0.15) is 0 Å². The molecule has 0 saturated carbocycles. The number of benzene rings is 1. The first-order valence-electron chi connectivity index (χ1n) is 7.41. The van der Waals surface area contributed by atoms with E-state index >= 15 is 0 Å². The number of ether oxygens (including phenoxy) is 1. The van der Waals surface area contributed by atoms with Crippen LogP contribution in [0.3, 0.4) is 0 Å². The maximum absolute atomic E-state index is 12.2. The molecule has 1 N–H and O–H groups in total. The van der Waals surface area contributed by atoms with Crippen molar-refractivity contribution >= 4 is 23.5 Å². The Labute approximate surface area is 139 Å². The molecule has 7 heteroatoms. The van der Waals surface area contributed by atoms with Crippen molar-refractivity contribution in [1.29, 1.82) is 0 Å². The summed E-state index contributed by atoms with van der Waals surface area (Å²) < 4.78 is 5.32. The Morgan fingerprint density at radius 2 is 2.04 bits per heavy atom. The van der Waals surface area contributed by atoms with Gasteiger partial charge in [0.2, 0.25) is 5.95 Å². The van der Waals surface area contributed by atoms with Gasteiger partial charge in [0.05, 0.1) is 36.0 Å². The fourth-order valence-corrected chi connectivity index (χ4v) is 2.53. The molecular weight excluding hydrogens is 316 g/mol. The molecule has 0 spiro atoms. The lowest BCUT2D eigenvalue weighted by Crippen LogP contribution is -2.37. The smallest absolute Gasteiger partial charge is 0.253 e. The van der Waals surface area contributed by atoms with Gasteiger partial charge in [0.15, 0.2) is 0 Å². The quantitative estimate of drug-likeness (QED) is 0.926. The van der Waals surface area contributed by atoms with Crippen LogP contribution in [0.15, 0.2) is 36.5 Å². The maximum Gasteiger partial charge on any atom is 0.253 e. The Hall–Kier alpha value is -2.18. The van der Waals surface area contributed by atoms with Crippen molar-refractivity contribution in [3.8, 4) is 0 Å². The van der Waals surface area contributed by atoms with Gasteiger partial charge >= 0.3 is 0 Å². The number of aromatic nitrogens is 2. The number of hydrogen-bond acceptors (Lipinski definition) is 5. The predicted molar refractivity (Wildman–Crippen MR) is 87.7 cm³/mol. The van der Waals surface area contributed by atoms with Gasteiger partial charge in [-0.3, -0.25) is 4.79 Å². The maximum atomic E-state index is 12.2. The third-order valence-corrected chi connectivity index (χ3v) is 3.87. The summed E-state index contributed by atoms with van der Waals surface area (Å²) in [4.78, 5) is 23.0. The number of rotatable bonds is 4. The summed E-state index contributed by atoms with van der Waals surface area (Å²) in [6.45, 7) is 3.22. The van der Waals surface area contributed by atoms with E-state index in [-0.39, 0.29) is 5.91 Å². The number of carbonyl (C=O) groups excluding carboxylic acids is 1. The monoisotopic (exact) mass is 332 g/mol. The van der Waals surface area contributed by atoms with Crippen molar-refractivity contribution in [3.63, 3.8) is 0 Å². The lowest BCUT2D eigenvalue weighted by atomic mass is 10.2. The van der Waals surface area contributed by atoms with Crippen molar-refractivity contribution in [2.45, 2.75) is 6.54 Å². The van der Waals surface area contributed by atoms with Gasteiger partial charge in [-0.2, -0.15) is 0 Å². The largest absolute Gasteiger partial charge is 0.378 e. The normalized spacial score (nSPS) is 14.6. The van der Waals surface area contributed by atoms with Gasteiger partial charge in [-0.25, -0.2) is 9.97 Å². The second kappa shape index (κ2) is 7.39. The van der Waals surface area contributed by atoms with Crippen LogP contribution in [0.2, 0.25) is 5.02 Å². The van der Waals surface area contributed by atoms with Crippen LogP contribution < -0.4 is 10.2 Å². The number of hydrogen-bond donors (Lipinski definition) is 1. The summed E-state index contributed by atoms with van der Waals surface area (Å²) in [5.41, 5.74) is 1.21. The van der Waals surface area contributed by atoms with E-state index in [1.807, 2.05) is 0 Å². The molecule has 1 saturated heterocycles. The zero-order chi connectivity index (χ0) is 16.1. The third kappa shape index (κ3) is 3.97. The molecule has 0 aliphatic carbocycles. The van der Waals surface area contributed by atoms with Crippen molar-refractivity contribution in [2.75, 3.05) is 31.2 Å². The topological polar surface area (TPSA) is 67.4 Å². The highest BCUT2D eigenvalue weighted by atomic mass is 35.5. The zero-order valence-electron chi connectivity index (χ0n) is 12.5. The average Bonchev–Trinajstić information content (AvgIpc) is 2.61. The SMILES string of the molecule is O=C(NCc1ccnc(N2CCOCC2)n1)c1ccccc1Cl. The molecule has 120 valence electrons. The number of carbonyl (C=O) groups is 1. The molecule has 1 aliphatic heterocycles. The van der Waals surface area contributed by atoms with Crippen LogP contribution in [0, 0.1) is 0 Å². The first-order chi connectivity index (χ1) is 11.2. The van der Waals surface area contributed by atoms with Crippen LogP contribution in [0.5, 0.6) is 0 Å². The van der Waals surface area contributed by atoms with E-state index in [0.29, 0.717) is 36.3 Å². The molecule has 1 aromatic carbocycles. The molecule has 2 heterocycles. The van der Waals surface area contributed by atoms with Crippen LogP contribution in [0.1, 0.15) is 16.1 Å². The second-order valence-electron chi connectivity index (χ2n) is 5.11. The highest BCUT2D eigenvalue weighted by Crippen LogP contribution is 2.15. The summed E-state index contributed by atoms with van der Waals surface area (Å²) in [7, 11) is 0. The lowest BCUT2D eigenvalue weighted by Gasteiger charge is -2.26. The Kier molecular flexibility index (Phi) is 5.05. The molecule has 0 bridgehead atoms. The summed E-state index contributed by atoms with van der Waals surface area (Å²) in [5.74, 6) is 0.444.